The molecule has 2 atom stereocenters. The second-order valence-electron chi connectivity index (χ2n) is 7.72. The van der Waals surface area contributed by atoms with Crippen LogP contribution in [0.2, 0.25) is 0 Å². The lowest BCUT2D eigenvalue weighted by atomic mass is 10.0. The highest BCUT2D eigenvalue weighted by Gasteiger charge is 2.32. The van der Waals surface area contributed by atoms with Gasteiger partial charge in [0.1, 0.15) is 5.82 Å². The predicted octanol–water partition coefficient (Wildman–Crippen LogP) is 3.09. The zero-order valence-corrected chi connectivity index (χ0v) is 19.8. The van der Waals surface area contributed by atoms with Gasteiger partial charge in [-0.2, -0.15) is 0 Å². The van der Waals surface area contributed by atoms with Crippen molar-refractivity contribution in [3.05, 3.63) is 63.6 Å². The highest BCUT2D eigenvalue weighted by Crippen LogP contribution is 2.30. The van der Waals surface area contributed by atoms with Crippen LogP contribution in [0.3, 0.4) is 0 Å². The molecular formula is C21H24N4O3S3. The van der Waals surface area contributed by atoms with Crippen molar-refractivity contribution in [3.8, 4) is 0 Å². The molecule has 31 heavy (non-hydrogen) atoms. The second kappa shape index (κ2) is 9.13. The van der Waals surface area contributed by atoms with Crippen molar-refractivity contribution in [3.63, 3.8) is 0 Å². The van der Waals surface area contributed by atoms with E-state index < -0.39 is 9.84 Å². The number of amides is 1. The molecule has 2 unspecified atom stereocenters. The molecular weight excluding hydrogens is 452 g/mol. The maximum Gasteiger partial charge on any atom is 0.231 e. The molecule has 1 aliphatic rings. The Morgan fingerprint density at radius 2 is 2.06 bits per heavy atom. The number of carbonyl (C=O) groups excluding carboxylic acids is 1. The Morgan fingerprint density at radius 3 is 2.71 bits per heavy atom. The fourth-order valence-corrected chi connectivity index (χ4v) is 6.94. The Balaban J connectivity index is 1.42. The average Bonchev–Trinajstić information content (AvgIpc) is 3.46. The lowest BCUT2D eigenvalue weighted by Gasteiger charge is -2.18. The number of benzene rings is 1. The summed E-state index contributed by atoms with van der Waals surface area (Å²) in [4.78, 5) is 13.8. The molecule has 0 spiro atoms. The smallest absolute Gasteiger partial charge is 0.231 e. The molecule has 3 aromatic rings. The van der Waals surface area contributed by atoms with Crippen molar-refractivity contribution in [2.45, 2.75) is 30.5 Å². The van der Waals surface area contributed by atoms with Gasteiger partial charge in [0.05, 0.1) is 23.3 Å². The summed E-state index contributed by atoms with van der Waals surface area (Å²) < 4.78 is 25.3. The van der Waals surface area contributed by atoms with Gasteiger partial charge < -0.3 is 9.88 Å². The first-order chi connectivity index (χ1) is 14.8. The van der Waals surface area contributed by atoms with Crippen LogP contribution < -0.4 is 5.32 Å². The third-order valence-electron chi connectivity index (χ3n) is 5.34. The lowest BCUT2D eigenvalue weighted by molar-refractivity contribution is -0.119. The largest absolute Gasteiger partial charge is 0.344 e. The van der Waals surface area contributed by atoms with E-state index in [9.17, 15) is 13.2 Å². The van der Waals surface area contributed by atoms with E-state index in [4.69, 9.17) is 0 Å². The maximum atomic E-state index is 12.8. The van der Waals surface area contributed by atoms with E-state index in [0.717, 1.165) is 10.4 Å². The van der Waals surface area contributed by atoms with Crippen molar-refractivity contribution in [2.24, 2.45) is 7.05 Å². The molecule has 1 saturated heterocycles. The number of thioether (sulfide) groups is 1. The van der Waals surface area contributed by atoms with Gasteiger partial charge in [-0.1, -0.05) is 47.7 Å². The maximum absolute atomic E-state index is 12.8. The number of aryl methyl sites for hydroxylation is 1. The number of carbonyl (C=O) groups is 1. The SMILES string of the molecule is Cc1ccc(C(NC(=O)CSc2nnc(C3CCS(=O)(=O)C3)n2C)c2cccs2)cc1. The fraction of sp³-hybridized carbons (Fsp3) is 0.381. The van der Waals surface area contributed by atoms with Gasteiger partial charge in [0.15, 0.2) is 15.0 Å². The summed E-state index contributed by atoms with van der Waals surface area (Å²) in [5.74, 6) is 0.942. The number of rotatable bonds is 7. The van der Waals surface area contributed by atoms with Crippen LogP contribution in [0.15, 0.2) is 46.9 Å². The monoisotopic (exact) mass is 476 g/mol. The third-order valence-corrected chi connectivity index (χ3v) is 9.07. The Bertz CT molecular complexity index is 1160. The Labute approximate surface area is 190 Å². The molecule has 164 valence electrons. The van der Waals surface area contributed by atoms with Gasteiger partial charge in [0, 0.05) is 17.8 Å². The predicted molar refractivity (Wildman–Crippen MR) is 123 cm³/mol. The van der Waals surface area contributed by atoms with Crippen LogP contribution >= 0.6 is 23.1 Å². The van der Waals surface area contributed by atoms with Crippen molar-refractivity contribution in [1.82, 2.24) is 20.1 Å². The van der Waals surface area contributed by atoms with Crippen LogP contribution in [0.1, 0.15) is 40.2 Å². The van der Waals surface area contributed by atoms with Crippen LogP contribution in [0, 0.1) is 6.92 Å². The van der Waals surface area contributed by atoms with Crippen molar-refractivity contribution >= 4 is 38.8 Å². The third kappa shape index (κ3) is 5.19. The van der Waals surface area contributed by atoms with Gasteiger partial charge in [-0.15, -0.1) is 21.5 Å². The van der Waals surface area contributed by atoms with Crippen LogP contribution in [0.25, 0.3) is 0 Å². The number of thiophene rings is 1. The Kier molecular flexibility index (Phi) is 6.49. The molecule has 1 N–H and O–H groups in total. The number of nitrogens with one attached hydrogen (secondary N) is 1. The molecule has 1 amide bonds. The minimum atomic E-state index is -2.99. The molecule has 0 bridgehead atoms. The van der Waals surface area contributed by atoms with E-state index in [1.54, 1.807) is 15.9 Å². The number of sulfone groups is 1. The quantitative estimate of drug-likeness (QED) is 0.527. The summed E-state index contributed by atoms with van der Waals surface area (Å²) in [6.45, 7) is 2.04. The molecule has 3 heterocycles. The molecule has 2 aromatic heterocycles. The first kappa shape index (κ1) is 22.0. The summed E-state index contributed by atoms with van der Waals surface area (Å²) >= 11 is 2.91. The summed E-state index contributed by atoms with van der Waals surface area (Å²) in [6, 6.07) is 12.0. The molecule has 10 heteroatoms. The minimum Gasteiger partial charge on any atom is -0.344 e. The van der Waals surface area contributed by atoms with E-state index in [1.165, 1.54) is 17.3 Å². The van der Waals surface area contributed by atoms with Crippen molar-refractivity contribution in [1.29, 1.82) is 0 Å². The molecule has 1 fully saturated rings. The number of hydrogen-bond donors (Lipinski definition) is 1. The average molecular weight is 477 g/mol. The van der Waals surface area contributed by atoms with Crippen molar-refractivity contribution in [2.75, 3.05) is 17.3 Å². The van der Waals surface area contributed by atoms with Gasteiger partial charge in [-0.05, 0) is 30.4 Å². The standard InChI is InChI=1S/C21H24N4O3S3/c1-14-5-7-15(8-6-14)19(17-4-3-10-29-17)22-18(26)12-30-21-24-23-20(25(21)2)16-9-11-31(27,28)13-16/h3-8,10,16,19H,9,11-13H2,1-2H3,(H,22,26). The summed E-state index contributed by atoms with van der Waals surface area (Å²) in [5.41, 5.74) is 2.21. The van der Waals surface area contributed by atoms with E-state index in [-0.39, 0.29) is 35.1 Å². The number of nitrogens with zero attached hydrogens (tertiary/aromatic N) is 3. The van der Waals surface area contributed by atoms with Gasteiger partial charge >= 0.3 is 0 Å². The number of aromatic nitrogens is 3. The topological polar surface area (TPSA) is 94.0 Å². The molecule has 4 rings (SSSR count). The fourth-order valence-electron chi connectivity index (χ4n) is 3.67. The highest BCUT2D eigenvalue weighted by molar-refractivity contribution is 7.99. The highest BCUT2D eigenvalue weighted by atomic mass is 32.2. The first-order valence-corrected chi connectivity index (χ1v) is 13.6. The van der Waals surface area contributed by atoms with Gasteiger partial charge in [-0.3, -0.25) is 4.79 Å². The number of hydrogen-bond acceptors (Lipinski definition) is 7. The normalized spacial score (nSPS) is 18.7. The minimum absolute atomic E-state index is 0.100. The first-order valence-electron chi connectivity index (χ1n) is 9.94. The molecule has 0 aliphatic carbocycles. The molecule has 0 radical (unpaired) electrons. The van der Waals surface area contributed by atoms with E-state index >= 15 is 0 Å². The van der Waals surface area contributed by atoms with E-state index in [1.807, 2.05) is 55.7 Å². The van der Waals surface area contributed by atoms with Crippen LogP contribution in [0.5, 0.6) is 0 Å². The molecule has 0 saturated carbocycles. The Morgan fingerprint density at radius 1 is 1.29 bits per heavy atom. The Hall–Kier alpha value is -2.17. The van der Waals surface area contributed by atoms with Crippen LogP contribution in [0.4, 0.5) is 0 Å². The van der Waals surface area contributed by atoms with Gasteiger partial charge in [0.25, 0.3) is 0 Å². The lowest BCUT2D eigenvalue weighted by Crippen LogP contribution is -2.30. The van der Waals surface area contributed by atoms with Crippen LogP contribution in [-0.2, 0) is 21.7 Å². The summed E-state index contributed by atoms with van der Waals surface area (Å²) in [5, 5.41) is 14.1. The van der Waals surface area contributed by atoms with E-state index in [2.05, 4.69) is 15.5 Å². The summed E-state index contributed by atoms with van der Waals surface area (Å²) in [7, 11) is -1.17. The van der Waals surface area contributed by atoms with Crippen LogP contribution in [-0.4, -0.2) is 46.3 Å². The molecule has 1 aliphatic heterocycles. The second-order valence-corrected chi connectivity index (χ2v) is 11.9. The zero-order valence-electron chi connectivity index (χ0n) is 17.3. The molecule has 7 nitrogen and oxygen atoms in total. The zero-order chi connectivity index (χ0) is 22.0. The van der Waals surface area contributed by atoms with Crippen molar-refractivity contribution < 1.29 is 13.2 Å². The van der Waals surface area contributed by atoms with Gasteiger partial charge in [-0.25, -0.2) is 8.42 Å². The summed E-state index contributed by atoms with van der Waals surface area (Å²) in [6.07, 6.45) is 0.568. The van der Waals surface area contributed by atoms with E-state index in [0.29, 0.717) is 17.4 Å². The van der Waals surface area contributed by atoms with Gasteiger partial charge in [0.2, 0.25) is 5.91 Å². The molecule has 1 aromatic carbocycles.